The average Bonchev–Trinajstić information content (AvgIpc) is 2.61. The van der Waals surface area contributed by atoms with Crippen molar-refractivity contribution in [2.45, 2.75) is 11.8 Å². The number of nitrogens with one attached hydrogen (secondary N) is 1. The molecule has 0 aliphatic carbocycles. The van der Waals surface area contributed by atoms with Crippen LogP contribution in [0.15, 0.2) is 65.7 Å². The van der Waals surface area contributed by atoms with Crippen molar-refractivity contribution in [3.05, 3.63) is 60.8 Å². The molecule has 1 aromatic heterocycles. The summed E-state index contributed by atoms with van der Waals surface area (Å²) in [4.78, 5) is 17.2. The van der Waals surface area contributed by atoms with Crippen LogP contribution >= 0.6 is 0 Å². The van der Waals surface area contributed by atoms with E-state index in [0.29, 0.717) is 16.9 Å². The van der Waals surface area contributed by atoms with Gasteiger partial charge in [-0.3, -0.25) is 14.5 Å². The Balaban J connectivity index is 1.92. The summed E-state index contributed by atoms with van der Waals surface area (Å²) in [5.41, 5.74) is 1.52. The van der Waals surface area contributed by atoms with Crippen LogP contribution < -0.4 is 9.62 Å². The summed E-state index contributed by atoms with van der Waals surface area (Å²) < 4.78 is 28.0. The lowest BCUT2D eigenvalue weighted by molar-refractivity contribution is -0.116. The van der Waals surface area contributed by atoms with Gasteiger partial charge in [-0.05, 0) is 36.4 Å². The third-order valence-corrected chi connectivity index (χ3v) is 5.28. The first kappa shape index (κ1) is 16.9. The Labute approximate surface area is 146 Å². The second kappa shape index (κ2) is 6.52. The molecule has 0 saturated heterocycles. The highest BCUT2D eigenvalue weighted by Gasteiger charge is 2.18. The van der Waals surface area contributed by atoms with Gasteiger partial charge < -0.3 is 4.90 Å². The van der Waals surface area contributed by atoms with E-state index in [1.807, 2.05) is 12.1 Å². The Morgan fingerprint density at radius 1 is 1.04 bits per heavy atom. The zero-order valence-corrected chi connectivity index (χ0v) is 14.6. The molecule has 1 heterocycles. The highest BCUT2D eigenvalue weighted by Crippen LogP contribution is 2.24. The number of sulfonamides is 1. The monoisotopic (exact) mass is 355 g/mol. The fourth-order valence-corrected chi connectivity index (χ4v) is 3.68. The van der Waals surface area contributed by atoms with E-state index in [2.05, 4.69) is 9.71 Å². The number of amides is 1. The van der Waals surface area contributed by atoms with Gasteiger partial charge in [0.2, 0.25) is 5.91 Å². The molecule has 6 nitrogen and oxygen atoms in total. The molecule has 128 valence electrons. The van der Waals surface area contributed by atoms with Crippen LogP contribution in [-0.2, 0) is 14.8 Å². The minimum absolute atomic E-state index is 0.102. The number of pyridine rings is 1. The first-order valence-electron chi connectivity index (χ1n) is 7.59. The van der Waals surface area contributed by atoms with Crippen LogP contribution in [0.3, 0.4) is 0 Å². The van der Waals surface area contributed by atoms with Crippen LogP contribution in [0.25, 0.3) is 10.9 Å². The Bertz CT molecular complexity index is 1030. The first-order valence-corrected chi connectivity index (χ1v) is 9.08. The maximum Gasteiger partial charge on any atom is 0.264 e. The molecule has 3 aromatic rings. The number of carbonyl (C=O) groups excluding carboxylic acids is 1. The third-order valence-electron chi connectivity index (χ3n) is 3.86. The minimum atomic E-state index is -3.78. The fourth-order valence-electron chi connectivity index (χ4n) is 2.44. The molecule has 7 heteroatoms. The van der Waals surface area contributed by atoms with Gasteiger partial charge in [0.1, 0.15) is 4.90 Å². The number of aromatic nitrogens is 1. The highest BCUT2D eigenvalue weighted by molar-refractivity contribution is 7.93. The standard InChI is InChI=1S/C18H17N3O3S/c1-13(22)21(2)16-10-8-15(9-11-16)20-25(23,24)17-7-3-5-14-6-4-12-19-18(14)17/h3-12,20H,1-2H3. The van der Waals surface area contributed by atoms with Gasteiger partial charge in [0, 0.05) is 36.9 Å². The summed E-state index contributed by atoms with van der Waals surface area (Å²) in [6.07, 6.45) is 1.56. The molecular formula is C18H17N3O3S. The maximum atomic E-state index is 12.7. The lowest BCUT2D eigenvalue weighted by Gasteiger charge is -2.16. The van der Waals surface area contributed by atoms with Gasteiger partial charge in [0.05, 0.1) is 5.52 Å². The van der Waals surface area contributed by atoms with Crippen LogP contribution in [0.5, 0.6) is 0 Å². The van der Waals surface area contributed by atoms with Crippen LogP contribution in [0.4, 0.5) is 11.4 Å². The molecule has 1 amide bonds. The SMILES string of the molecule is CC(=O)N(C)c1ccc(NS(=O)(=O)c2cccc3cccnc23)cc1. The highest BCUT2D eigenvalue weighted by atomic mass is 32.2. The number of fused-ring (bicyclic) bond motifs is 1. The minimum Gasteiger partial charge on any atom is -0.316 e. The van der Waals surface area contributed by atoms with Gasteiger partial charge in [0.15, 0.2) is 0 Å². The molecule has 2 aromatic carbocycles. The average molecular weight is 355 g/mol. The normalized spacial score (nSPS) is 11.3. The van der Waals surface area contributed by atoms with Gasteiger partial charge in [-0.2, -0.15) is 0 Å². The quantitative estimate of drug-likeness (QED) is 0.780. The molecule has 0 aliphatic heterocycles. The summed E-state index contributed by atoms with van der Waals surface area (Å²) in [7, 11) is -2.13. The molecule has 1 N–H and O–H groups in total. The van der Waals surface area contributed by atoms with Crippen LogP contribution in [0.2, 0.25) is 0 Å². The van der Waals surface area contributed by atoms with Crippen molar-refractivity contribution in [3.63, 3.8) is 0 Å². The Morgan fingerprint density at radius 3 is 2.40 bits per heavy atom. The number of rotatable bonds is 4. The van der Waals surface area contributed by atoms with Crippen molar-refractivity contribution in [2.24, 2.45) is 0 Å². The molecule has 0 fully saturated rings. The van der Waals surface area contributed by atoms with Crippen molar-refractivity contribution in [1.82, 2.24) is 4.98 Å². The van der Waals surface area contributed by atoms with Crippen molar-refractivity contribution in [1.29, 1.82) is 0 Å². The zero-order chi connectivity index (χ0) is 18.0. The predicted octanol–water partition coefficient (Wildman–Crippen LogP) is 3.02. The number of anilines is 2. The predicted molar refractivity (Wildman–Crippen MR) is 98.1 cm³/mol. The second-order valence-corrected chi connectivity index (χ2v) is 7.21. The van der Waals surface area contributed by atoms with Crippen molar-refractivity contribution in [3.8, 4) is 0 Å². The van der Waals surface area contributed by atoms with Gasteiger partial charge >= 0.3 is 0 Å². The number of hydrogen-bond donors (Lipinski definition) is 1. The summed E-state index contributed by atoms with van der Waals surface area (Å²) in [5, 5.41) is 0.754. The summed E-state index contributed by atoms with van der Waals surface area (Å²) in [6.45, 7) is 1.46. The van der Waals surface area contributed by atoms with E-state index >= 15 is 0 Å². The van der Waals surface area contributed by atoms with Crippen molar-refractivity contribution in [2.75, 3.05) is 16.7 Å². The van der Waals surface area contributed by atoms with E-state index in [4.69, 9.17) is 0 Å². The topological polar surface area (TPSA) is 79.4 Å². The van der Waals surface area contributed by atoms with Crippen LogP contribution in [0, 0.1) is 0 Å². The maximum absolute atomic E-state index is 12.7. The van der Waals surface area contributed by atoms with Crippen LogP contribution in [0.1, 0.15) is 6.92 Å². The van der Waals surface area contributed by atoms with Gasteiger partial charge in [-0.25, -0.2) is 8.42 Å². The molecule has 25 heavy (non-hydrogen) atoms. The molecule has 0 saturated carbocycles. The number of nitrogens with zero attached hydrogens (tertiary/aromatic N) is 2. The lowest BCUT2D eigenvalue weighted by atomic mass is 10.2. The van der Waals surface area contributed by atoms with Gasteiger partial charge in [0.25, 0.3) is 10.0 Å². The second-order valence-electron chi connectivity index (χ2n) is 5.56. The van der Waals surface area contributed by atoms with Gasteiger partial charge in [-0.1, -0.05) is 18.2 Å². The summed E-state index contributed by atoms with van der Waals surface area (Å²) in [6, 6.07) is 15.2. The zero-order valence-electron chi connectivity index (χ0n) is 13.8. The van der Waals surface area contributed by atoms with E-state index in [1.165, 1.54) is 17.9 Å². The number of hydrogen-bond acceptors (Lipinski definition) is 4. The van der Waals surface area contributed by atoms with Crippen molar-refractivity contribution >= 4 is 38.2 Å². The molecule has 0 aliphatic rings. The Hall–Kier alpha value is -2.93. The molecule has 3 rings (SSSR count). The van der Waals surface area contributed by atoms with E-state index < -0.39 is 10.0 Å². The Morgan fingerprint density at radius 2 is 1.72 bits per heavy atom. The molecule has 0 bridgehead atoms. The van der Waals surface area contributed by atoms with E-state index in [0.717, 1.165) is 5.39 Å². The fraction of sp³-hybridized carbons (Fsp3) is 0.111. The number of carbonyl (C=O) groups is 1. The molecule has 0 radical (unpaired) electrons. The first-order chi connectivity index (χ1) is 11.9. The molecule has 0 unspecified atom stereocenters. The van der Waals surface area contributed by atoms with Crippen molar-refractivity contribution < 1.29 is 13.2 Å². The van der Waals surface area contributed by atoms with E-state index in [-0.39, 0.29) is 10.8 Å². The van der Waals surface area contributed by atoms with E-state index in [9.17, 15) is 13.2 Å². The van der Waals surface area contributed by atoms with Crippen LogP contribution in [-0.4, -0.2) is 26.4 Å². The molecule has 0 spiro atoms. The summed E-state index contributed by atoms with van der Waals surface area (Å²) >= 11 is 0. The lowest BCUT2D eigenvalue weighted by Crippen LogP contribution is -2.22. The number of benzene rings is 2. The van der Waals surface area contributed by atoms with E-state index in [1.54, 1.807) is 49.6 Å². The largest absolute Gasteiger partial charge is 0.316 e. The third kappa shape index (κ3) is 3.46. The summed E-state index contributed by atoms with van der Waals surface area (Å²) in [5.74, 6) is -0.102. The molecular weight excluding hydrogens is 338 g/mol. The van der Waals surface area contributed by atoms with Gasteiger partial charge in [-0.15, -0.1) is 0 Å². The molecule has 0 atom stereocenters. The Kier molecular flexibility index (Phi) is 4.41. The smallest absolute Gasteiger partial charge is 0.264 e. The number of para-hydroxylation sites is 1.